The third-order valence-corrected chi connectivity index (χ3v) is 4.42. The number of nitrogens with zero attached hydrogens (tertiary/aromatic N) is 1. The van der Waals surface area contributed by atoms with Crippen LogP contribution >= 0.6 is 24.0 Å². The highest BCUT2D eigenvalue weighted by Crippen LogP contribution is 2.24. The van der Waals surface area contributed by atoms with Crippen LogP contribution in [-0.2, 0) is 24.3 Å². The van der Waals surface area contributed by atoms with Gasteiger partial charge in [-0.3, -0.25) is 4.99 Å². The third kappa shape index (κ3) is 9.94. The van der Waals surface area contributed by atoms with E-state index in [1.807, 2.05) is 30.3 Å². The minimum absolute atomic E-state index is 0. The van der Waals surface area contributed by atoms with Crippen LogP contribution in [0.2, 0.25) is 0 Å². The number of hydrogen-bond acceptors (Lipinski definition) is 4. The summed E-state index contributed by atoms with van der Waals surface area (Å²) < 4.78 is 51.7. The van der Waals surface area contributed by atoms with E-state index < -0.39 is 12.8 Å². The first kappa shape index (κ1) is 27.8. The molecular formula is C22H29F3IN3O3. The first-order valence-corrected chi connectivity index (χ1v) is 9.72. The largest absolute Gasteiger partial charge is 0.497 e. The summed E-state index contributed by atoms with van der Waals surface area (Å²) >= 11 is 0. The Morgan fingerprint density at radius 2 is 1.66 bits per heavy atom. The maximum absolute atomic E-state index is 12.1. The fourth-order valence-corrected chi connectivity index (χ4v) is 2.84. The second-order valence-electron chi connectivity index (χ2n) is 6.70. The van der Waals surface area contributed by atoms with Crippen molar-refractivity contribution in [2.75, 3.05) is 34.4 Å². The van der Waals surface area contributed by atoms with E-state index in [1.54, 1.807) is 33.4 Å². The molecular weight excluding hydrogens is 538 g/mol. The molecule has 0 unspecified atom stereocenters. The van der Waals surface area contributed by atoms with E-state index in [1.165, 1.54) is 0 Å². The fraction of sp³-hybridized carbons (Fsp3) is 0.409. The Kier molecular flexibility index (Phi) is 12.2. The number of benzene rings is 2. The minimum Gasteiger partial charge on any atom is -0.497 e. The Hall–Kier alpha value is -2.21. The smallest absolute Gasteiger partial charge is 0.411 e. The number of aliphatic imine (C=N–C) groups is 1. The van der Waals surface area contributed by atoms with Gasteiger partial charge in [-0.1, -0.05) is 24.3 Å². The normalized spacial score (nSPS) is 11.5. The molecule has 6 nitrogen and oxygen atoms in total. The van der Waals surface area contributed by atoms with Gasteiger partial charge in [-0.15, -0.1) is 24.0 Å². The lowest BCUT2D eigenvalue weighted by molar-refractivity contribution is -0.176. The molecule has 0 fully saturated rings. The molecule has 0 radical (unpaired) electrons. The van der Waals surface area contributed by atoms with Crippen molar-refractivity contribution in [3.05, 3.63) is 59.2 Å². The summed E-state index contributed by atoms with van der Waals surface area (Å²) in [6.45, 7) is -0.172. The lowest BCUT2D eigenvalue weighted by Crippen LogP contribution is -2.37. The standard InChI is InChI=1S/C22H28F3N3O3.HI/c1-26-21(27-11-10-18-12-19(29-2)8-9-20(18)30-3)28-13-16-4-6-17(7-5-16)14-31-15-22(23,24)25;/h4-9,12H,10-11,13-15H2,1-3H3,(H2,26,27,28);1H. The molecule has 32 heavy (non-hydrogen) atoms. The van der Waals surface area contributed by atoms with E-state index in [9.17, 15) is 13.2 Å². The van der Waals surface area contributed by atoms with Crippen LogP contribution in [0.5, 0.6) is 11.5 Å². The summed E-state index contributed by atoms with van der Waals surface area (Å²) in [7, 11) is 4.94. The first-order chi connectivity index (χ1) is 14.8. The van der Waals surface area contributed by atoms with Crippen LogP contribution in [0.15, 0.2) is 47.5 Å². The Morgan fingerprint density at radius 3 is 2.25 bits per heavy atom. The van der Waals surface area contributed by atoms with Crippen LogP contribution in [0.25, 0.3) is 0 Å². The van der Waals surface area contributed by atoms with E-state index in [4.69, 9.17) is 9.47 Å². The van der Waals surface area contributed by atoms with Crippen molar-refractivity contribution >= 4 is 29.9 Å². The van der Waals surface area contributed by atoms with Gasteiger partial charge in [0.2, 0.25) is 0 Å². The van der Waals surface area contributed by atoms with Gasteiger partial charge < -0.3 is 24.8 Å². The van der Waals surface area contributed by atoms with E-state index in [0.29, 0.717) is 31.0 Å². The second kappa shape index (κ2) is 14.0. The summed E-state index contributed by atoms with van der Waals surface area (Å²) in [5.74, 6) is 2.20. The van der Waals surface area contributed by atoms with E-state index in [0.717, 1.165) is 22.6 Å². The van der Waals surface area contributed by atoms with Crippen LogP contribution in [0, 0.1) is 0 Å². The first-order valence-electron chi connectivity index (χ1n) is 9.72. The summed E-state index contributed by atoms with van der Waals surface area (Å²) in [5, 5.41) is 6.45. The topological polar surface area (TPSA) is 64.1 Å². The van der Waals surface area contributed by atoms with Gasteiger partial charge in [0.25, 0.3) is 0 Å². The van der Waals surface area contributed by atoms with Crippen LogP contribution in [0.4, 0.5) is 13.2 Å². The predicted molar refractivity (Wildman–Crippen MR) is 129 cm³/mol. The molecule has 0 amide bonds. The number of ether oxygens (including phenoxy) is 3. The van der Waals surface area contributed by atoms with E-state index in [-0.39, 0.29) is 30.6 Å². The van der Waals surface area contributed by atoms with Gasteiger partial charge in [0.05, 0.1) is 20.8 Å². The van der Waals surface area contributed by atoms with Gasteiger partial charge in [-0.25, -0.2) is 0 Å². The van der Waals surface area contributed by atoms with Crippen LogP contribution < -0.4 is 20.1 Å². The average Bonchev–Trinajstić information content (AvgIpc) is 2.76. The van der Waals surface area contributed by atoms with Crippen molar-refractivity contribution < 1.29 is 27.4 Å². The molecule has 2 aromatic carbocycles. The maximum atomic E-state index is 12.1. The summed E-state index contributed by atoms with van der Waals surface area (Å²) in [6.07, 6.45) is -3.60. The Balaban J connectivity index is 0.00000512. The zero-order valence-corrected chi connectivity index (χ0v) is 20.6. The monoisotopic (exact) mass is 567 g/mol. The highest BCUT2D eigenvalue weighted by atomic mass is 127. The molecule has 0 saturated carbocycles. The number of guanidine groups is 1. The van der Waals surface area contributed by atoms with E-state index >= 15 is 0 Å². The third-order valence-electron chi connectivity index (χ3n) is 4.42. The highest BCUT2D eigenvalue weighted by Gasteiger charge is 2.27. The maximum Gasteiger partial charge on any atom is 0.411 e. The second-order valence-corrected chi connectivity index (χ2v) is 6.70. The molecule has 0 aliphatic heterocycles. The number of rotatable bonds is 10. The minimum atomic E-state index is -4.32. The molecule has 0 aliphatic rings. The van der Waals surface area contributed by atoms with Gasteiger partial charge >= 0.3 is 6.18 Å². The SMILES string of the molecule is CN=C(NCCc1cc(OC)ccc1OC)NCc1ccc(COCC(F)(F)F)cc1.I. The number of nitrogens with one attached hydrogen (secondary N) is 2. The van der Waals surface area contributed by atoms with Gasteiger partial charge in [0, 0.05) is 20.1 Å². The van der Waals surface area contributed by atoms with Gasteiger partial charge in [0.1, 0.15) is 18.1 Å². The Bertz CT molecular complexity index is 847. The summed E-state index contributed by atoms with van der Waals surface area (Å²) in [6, 6.07) is 12.8. The molecule has 0 spiro atoms. The van der Waals surface area contributed by atoms with Gasteiger partial charge in [-0.05, 0) is 41.3 Å². The molecule has 0 bridgehead atoms. The molecule has 0 aromatic heterocycles. The lowest BCUT2D eigenvalue weighted by Gasteiger charge is -2.14. The van der Waals surface area contributed by atoms with Crippen LogP contribution in [-0.4, -0.2) is 46.6 Å². The summed E-state index contributed by atoms with van der Waals surface area (Å²) in [4.78, 5) is 4.20. The molecule has 0 aliphatic carbocycles. The van der Waals surface area contributed by atoms with Crippen molar-refractivity contribution in [1.82, 2.24) is 10.6 Å². The number of alkyl halides is 3. The van der Waals surface area contributed by atoms with Crippen molar-refractivity contribution in [1.29, 1.82) is 0 Å². The predicted octanol–water partition coefficient (Wildman–Crippen LogP) is 4.31. The number of halogens is 4. The number of hydrogen-bond donors (Lipinski definition) is 2. The summed E-state index contributed by atoms with van der Waals surface area (Å²) in [5.41, 5.74) is 2.67. The van der Waals surface area contributed by atoms with Gasteiger partial charge in [-0.2, -0.15) is 13.2 Å². The quantitative estimate of drug-likeness (QED) is 0.255. The highest BCUT2D eigenvalue weighted by molar-refractivity contribution is 14.0. The average molecular weight is 567 g/mol. The van der Waals surface area contributed by atoms with E-state index in [2.05, 4.69) is 20.4 Å². The van der Waals surface area contributed by atoms with Crippen molar-refractivity contribution in [2.45, 2.75) is 25.7 Å². The Morgan fingerprint density at radius 1 is 0.969 bits per heavy atom. The van der Waals surface area contributed by atoms with Crippen molar-refractivity contribution in [3.8, 4) is 11.5 Å². The molecule has 10 heteroatoms. The molecule has 2 aromatic rings. The number of methoxy groups -OCH3 is 2. The van der Waals surface area contributed by atoms with Gasteiger partial charge in [0.15, 0.2) is 5.96 Å². The van der Waals surface area contributed by atoms with Crippen molar-refractivity contribution in [2.24, 2.45) is 4.99 Å². The van der Waals surface area contributed by atoms with Crippen LogP contribution in [0.1, 0.15) is 16.7 Å². The molecule has 0 heterocycles. The molecule has 0 atom stereocenters. The molecule has 2 N–H and O–H groups in total. The zero-order chi connectivity index (χ0) is 22.7. The zero-order valence-electron chi connectivity index (χ0n) is 18.3. The molecule has 0 saturated heterocycles. The Labute approximate surface area is 203 Å². The fourth-order valence-electron chi connectivity index (χ4n) is 2.84. The molecule has 178 valence electrons. The van der Waals surface area contributed by atoms with Crippen molar-refractivity contribution in [3.63, 3.8) is 0 Å². The van der Waals surface area contributed by atoms with Crippen LogP contribution in [0.3, 0.4) is 0 Å². The molecule has 2 rings (SSSR count). The lowest BCUT2D eigenvalue weighted by atomic mass is 10.1.